The number of carbonyl (C=O) groups excluding carboxylic acids is 2. The van der Waals surface area contributed by atoms with Gasteiger partial charge in [0.25, 0.3) is 5.91 Å². The Labute approximate surface area is 205 Å². The van der Waals surface area contributed by atoms with Crippen LogP contribution in [0.5, 0.6) is 0 Å². The summed E-state index contributed by atoms with van der Waals surface area (Å²) in [5.41, 5.74) is 3.36. The fourth-order valence-corrected chi connectivity index (χ4v) is 3.98. The van der Waals surface area contributed by atoms with Gasteiger partial charge in [-0.3, -0.25) is 4.79 Å². The molecule has 0 aliphatic heterocycles. The minimum absolute atomic E-state index is 0.272. The Balaban J connectivity index is 1.59. The van der Waals surface area contributed by atoms with E-state index in [4.69, 9.17) is 39.5 Å². The number of hydrogen-bond acceptors (Lipinski definition) is 4. The number of carbonyl (C=O) groups is 2. The van der Waals surface area contributed by atoms with Crippen molar-refractivity contribution < 1.29 is 14.3 Å². The van der Waals surface area contributed by atoms with Crippen LogP contribution in [0.25, 0.3) is 22.2 Å². The van der Waals surface area contributed by atoms with Gasteiger partial charge in [0.1, 0.15) is 0 Å². The molecule has 0 radical (unpaired) electrons. The molecule has 0 atom stereocenters. The zero-order valence-corrected chi connectivity index (χ0v) is 19.6. The van der Waals surface area contributed by atoms with Crippen LogP contribution >= 0.6 is 34.8 Å². The number of benzene rings is 3. The lowest BCUT2D eigenvalue weighted by Gasteiger charge is -2.12. The molecule has 4 rings (SSSR count). The van der Waals surface area contributed by atoms with E-state index >= 15 is 0 Å². The molecule has 1 aromatic heterocycles. The Hall–Kier alpha value is -3.12. The van der Waals surface area contributed by atoms with Crippen molar-refractivity contribution in [1.29, 1.82) is 0 Å². The molecule has 4 aromatic rings. The Bertz CT molecular complexity index is 1390. The predicted molar refractivity (Wildman–Crippen MR) is 132 cm³/mol. The third-order valence-corrected chi connectivity index (χ3v) is 5.73. The average molecular weight is 500 g/mol. The molecule has 5 nitrogen and oxygen atoms in total. The molecular formula is C25H17Cl3N2O3. The van der Waals surface area contributed by atoms with E-state index in [2.05, 4.69) is 10.3 Å². The van der Waals surface area contributed by atoms with Crippen LogP contribution in [0.15, 0.2) is 66.7 Å². The van der Waals surface area contributed by atoms with E-state index in [1.807, 2.05) is 13.0 Å². The van der Waals surface area contributed by atoms with Crippen LogP contribution in [0, 0.1) is 6.92 Å². The van der Waals surface area contributed by atoms with E-state index in [1.54, 1.807) is 60.7 Å². The average Bonchev–Trinajstić information content (AvgIpc) is 2.79. The van der Waals surface area contributed by atoms with Crippen LogP contribution in [0.2, 0.25) is 15.1 Å². The van der Waals surface area contributed by atoms with Gasteiger partial charge in [-0.15, -0.1) is 0 Å². The highest BCUT2D eigenvalue weighted by Crippen LogP contribution is 2.32. The molecule has 0 aliphatic carbocycles. The molecule has 0 bridgehead atoms. The number of rotatable bonds is 5. The first-order valence-electron chi connectivity index (χ1n) is 9.90. The van der Waals surface area contributed by atoms with Crippen molar-refractivity contribution in [3.05, 3.63) is 92.9 Å². The number of fused-ring (bicyclic) bond motifs is 1. The molecule has 3 aromatic carbocycles. The van der Waals surface area contributed by atoms with Crippen LogP contribution in [-0.4, -0.2) is 23.5 Å². The largest absolute Gasteiger partial charge is 0.452 e. The van der Waals surface area contributed by atoms with Crippen molar-refractivity contribution in [1.82, 2.24) is 4.98 Å². The maximum absolute atomic E-state index is 13.0. The number of esters is 1. The van der Waals surface area contributed by atoms with Gasteiger partial charge in [0.2, 0.25) is 0 Å². The third kappa shape index (κ3) is 5.28. The quantitative estimate of drug-likeness (QED) is 0.301. The summed E-state index contributed by atoms with van der Waals surface area (Å²) in [6.45, 7) is 1.38. The number of aryl methyl sites for hydroxylation is 1. The lowest BCUT2D eigenvalue weighted by molar-refractivity contribution is -0.119. The molecule has 0 aliphatic rings. The van der Waals surface area contributed by atoms with Gasteiger partial charge < -0.3 is 10.1 Å². The van der Waals surface area contributed by atoms with Crippen molar-refractivity contribution in [3.8, 4) is 11.3 Å². The summed E-state index contributed by atoms with van der Waals surface area (Å²) in [6.07, 6.45) is 0. The van der Waals surface area contributed by atoms with Crippen molar-refractivity contribution in [2.24, 2.45) is 0 Å². The van der Waals surface area contributed by atoms with Crippen molar-refractivity contribution >= 4 is 63.3 Å². The first kappa shape index (κ1) is 23.1. The summed E-state index contributed by atoms with van der Waals surface area (Å²) in [5, 5.41) is 4.69. The van der Waals surface area contributed by atoms with Gasteiger partial charge in [0.05, 0.1) is 21.8 Å². The maximum atomic E-state index is 13.0. The number of anilines is 1. The van der Waals surface area contributed by atoms with Crippen molar-refractivity contribution in [2.75, 3.05) is 11.9 Å². The van der Waals surface area contributed by atoms with Gasteiger partial charge in [-0.05, 0) is 55.0 Å². The summed E-state index contributed by atoms with van der Waals surface area (Å²) >= 11 is 18.3. The standard InChI is InChI=1S/C25H17Cl3N2O3/c1-14-6-7-16(27)11-22(14)30-24(31)13-33-25(32)19-12-23(18-9-8-15(26)10-20(18)28)29-21-5-3-2-4-17(19)21/h2-12H,13H2,1H3,(H,30,31). The summed E-state index contributed by atoms with van der Waals surface area (Å²) in [7, 11) is 0. The highest BCUT2D eigenvalue weighted by atomic mass is 35.5. The smallest absolute Gasteiger partial charge is 0.339 e. The van der Waals surface area contributed by atoms with E-state index < -0.39 is 18.5 Å². The summed E-state index contributed by atoms with van der Waals surface area (Å²) in [5.74, 6) is -1.13. The van der Waals surface area contributed by atoms with E-state index in [-0.39, 0.29) is 5.56 Å². The van der Waals surface area contributed by atoms with Gasteiger partial charge in [-0.2, -0.15) is 0 Å². The molecule has 33 heavy (non-hydrogen) atoms. The summed E-state index contributed by atoms with van der Waals surface area (Å²) in [4.78, 5) is 29.9. The van der Waals surface area contributed by atoms with Crippen LogP contribution in [0.3, 0.4) is 0 Å². The maximum Gasteiger partial charge on any atom is 0.339 e. The van der Waals surface area contributed by atoms with Crippen LogP contribution in [0.1, 0.15) is 15.9 Å². The molecule has 0 saturated carbocycles. The number of halogens is 3. The minimum Gasteiger partial charge on any atom is -0.452 e. The molecule has 0 unspecified atom stereocenters. The molecular weight excluding hydrogens is 483 g/mol. The zero-order valence-electron chi connectivity index (χ0n) is 17.4. The lowest BCUT2D eigenvalue weighted by atomic mass is 10.0. The number of amides is 1. The van der Waals surface area contributed by atoms with Crippen molar-refractivity contribution in [2.45, 2.75) is 6.92 Å². The van der Waals surface area contributed by atoms with Crippen molar-refractivity contribution in [3.63, 3.8) is 0 Å². The second kappa shape index (κ2) is 9.79. The highest BCUT2D eigenvalue weighted by Gasteiger charge is 2.18. The summed E-state index contributed by atoms with van der Waals surface area (Å²) < 4.78 is 5.31. The minimum atomic E-state index is -0.655. The molecule has 1 heterocycles. The van der Waals surface area contributed by atoms with E-state index in [1.165, 1.54) is 0 Å². The zero-order chi connectivity index (χ0) is 23.5. The van der Waals surface area contributed by atoms with Gasteiger partial charge in [-0.1, -0.05) is 59.1 Å². The topological polar surface area (TPSA) is 68.3 Å². The molecule has 0 saturated heterocycles. The fourth-order valence-electron chi connectivity index (χ4n) is 3.30. The normalized spacial score (nSPS) is 10.8. The van der Waals surface area contributed by atoms with E-state index in [0.717, 1.165) is 5.56 Å². The van der Waals surface area contributed by atoms with Gasteiger partial charge in [0.15, 0.2) is 6.61 Å². The second-order valence-corrected chi connectivity index (χ2v) is 8.56. The van der Waals surface area contributed by atoms with Crippen LogP contribution < -0.4 is 5.32 Å². The number of aromatic nitrogens is 1. The second-order valence-electron chi connectivity index (χ2n) is 7.28. The van der Waals surface area contributed by atoms with E-state index in [0.29, 0.717) is 42.9 Å². The Morgan fingerprint density at radius 3 is 2.45 bits per heavy atom. The first-order valence-corrected chi connectivity index (χ1v) is 11.0. The molecule has 1 N–H and O–H groups in total. The number of nitrogens with one attached hydrogen (secondary N) is 1. The van der Waals surface area contributed by atoms with Crippen LogP contribution in [0.4, 0.5) is 5.69 Å². The first-order chi connectivity index (χ1) is 15.8. The predicted octanol–water partition coefficient (Wildman–Crippen LogP) is 6.97. The van der Waals surface area contributed by atoms with Gasteiger partial charge in [-0.25, -0.2) is 9.78 Å². The number of pyridine rings is 1. The van der Waals surface area contributed by atoms with Gasteiger partial charge in [0, 0.05) is 26.7 Å². The summed E-state index contributed by atoms with van der Waals surface area (Å²) in [6, 6.07) is 18.9. The number of hydrogen-bond donors (Lipinski definition) is 1. The Morgan fingerprint density at radius 1 is 0.939 bits per heavy atom. The number of ether oxygens (including phenoxy) is 1. The van der Waals surface area contributed by atoms with Gasteiger partial charge >= 0.3 is 5.97 Å². The fraction of sp³-hybridized carbons (Fsp3) is 0.0800. The SMILES string of the molecule is Cc1ccc(Cl)cc1NC(=O)COC(=O)c1cc(-c2ccc(Cl)cc2Cl)nc2ccccc12. The highest BCUT2D eigenvalue weighted by molar-refractivity contribution is 6.36. The Kier molecular flexibility index (Phi) is 6.84. The number of nitrogens with zero attached hydrogens (tertiary/aromatic N) is 1. The van der Waals surface area contributed by atoms with Crippen LogP contribution in [-0.2, 0) is 9.53 Å². The lowest BCUT2D eigenvalue weighted by Crippen LogP contribution is -2.21. The molecule has 166 valence electrons. The monoisotopic (exact) mass is 498 g/mol. The van der Waals surface area contributed by atoms with E-state index in [9.17, 15) is 9.59 Å². The Morgan fingerprint density at radius 2 is 1.67 bits per heavy atom. The molecule has 0 spiro atoms. The third-order valence-electron chi connectivity index (χ3n) is 4.95. The molecule has 1 amide bonds. The molecule has 0 fully saturated rings. The molecule has 8 heteroatoms. The number of para-hydroxylation sites is 1.